The van der Waals surface area contributed by atoms with Crippen molar-refractivity contribution in [3.63, 3.8) is 0 Å². The Labute approximate surface area is 179 Å². The molecule has 0 heterocycles. The van der Waals surface area contributed by atoms with Crippen LogP contribution in [0.1, 0.15) is 92.9 Å². The number of carbonyl (C=O) groups is 2. The summed E-state index contributed by atoms with van der Waals surface area (Å²) in [5.41, 5.74) is 0. The minimum Gasteiger partial charge on any atom is -0.464 e. The van der Waals surface area contributed by atoms with E-state index >= 15 is 0 Å². The SMILES string of the molecule is CC(C)CCCC(C)CCOC(=O)COCC(=O)OCCC(C)CCCC(C)C. The van der Waals surface area contributed by atoms with E-state index < -0.39 is 11.9 Å². The summed E-state index contributed by atoms with van der Waals surface area (Å²) >= 11 is 0. The van der Waals surface area contributed by atoms with E-state index in [1.54, 1.807) is 0 Å². The fourth-order valence-electron chi connectivity index (χ4n) is 3.09. The van der Waals surface area contributed by atoms with Crippen molar-refractivity contribution in [2.75, 3.05) is 26.4 Å². The van der Waals surface area contributed by atoms with E-state index in [0.29, 0.717) is 25.0 Å². The molecule has 0 amide bonds. The molecule has 0 aromatic heterocycles. The monoisotopic (exact) mass is 414 g/mol. The molecule has 0 saturated heterocycles. The molecule has 0 aliphatic heterocycles. The standard InChI is InChI=1S/C24H46O5/c1-19(2)9-7-11-21(5)13-15-28-23(25)17-27-18-24(26)29-16-14-22(6)12-8-10-20(3)4/h19-22H,7-18H2,1-6H3. The Balaban J connectivity index is 3.59. The lowest BCUT2D eigenvalue weighted by Crippen LogP contribution is -2.20. The molecule has 5 nitrogen and oxygen atoms in total. The number of carbonyl (C=O) groups excluding carboxylic acids is 2. The Bertz CT molecular complexity index is 381. The highest BCUT2D eigenvalue weighted by Crippen LogP contribution is 2.16. The van der Waals surface area contributed by atoms with Gasteiger partial charge in [0.05, 0.1) is 13.2 Å². The maximum Gasteiger partial charge on any atom is 0.332 e. The van der Waals surface area contributed by atoms with Gasteiger partial charge in [0.25, 0.3) is 0 Å². The third-order valence-corrected chi connectivity index (χ3v) is 5.14. The summed E-state index contributed by atoms with van der Waals surface area (Å²) in [5.74, 6) is 1.72. The molecule has 0 aromatic rings. The highest BCUT2D eigenvalue weighted by molar-refractivity contribution is 5.73. The molecule has 0 fully saturated rings. The summed E-state index contributed by atoms with van der Waals surface area (Å²) in [6.45, 7) is 13.7. The smallest absolute Gasteiger partial charge is 0.332 e. The van der Waals surface area contributed by atoms with Crippen LogP contribution >= 0.6 is 0 Å². The van der Waals surface area contributed by atoms with Gasteiger partial charge in [-0.05, 0) is 36.5 Å². The fourth-order valence-corrected chi connectivity index (χ4v) is 3.09. The second-order valence-electron chi connectivity index (χ2n) is 9.37. The van der Waals surface area contributed by atoms with Crippen LogP contribution in [0.25, 0.3) is 0 Å². The van der Waals surface area contributed by atoms with Gasteiger partial charge in [0, 0.05) is 0 Å². The molecule has 172 valence electrons. The third-order valence-electron chi connectivity index (χ3n) is 5.14. The molecule has 0 aromatic carbocycles. The predicted octanol–water partition coefficient (Wildman–Crippen LogP) is 5.79. The van der Waals surface area contributed by atoms with Crippen LogP contribution in [0, 0.1) is 23.7 Å². The number of rotatable bonds is 18. The van der Waals surface area contributed by atoms with Gasteiger partial charge in [0.1, 0.15) is 13.2 Å². The quantitative estimate of drug-likeness (QED) is 0.265. The molecule has 2 unspecified atom stereocenters. The zero-order chi connectivity index (χ0) is 22.1. The number of hydrogen-bond donors (Lipinski definition) is 0. The maximum atomic E-state index is 11.7. The first-order valence-corrected chi connectivity index (χ1v) is 11.6. The maximum absolute atomic E-state index is 11.7. The number of esters is 2. The predicted molar refractivity (Wildman–Crippen MR) is 118 cm³/mol. The van der Waals surface area contributed by atoms with Crippen LogP contribution in [-0.4, -0.2) is 38.4 Å². The molecular weight excluding hydrogens is 368 g/mol. The first-order valence-electron chi connectivity index (χ1n) is 11.6. The van der Waals surface area contributed by atoms with Crippen LogP contribution < -0.4 is 0 Å². The van der Waals surface area contributed by atoms with E-state index in [-0.39, 0.29) is 13.2 Å². The van der Waals surface area contributed by atoms with Crippen LogP contribution in [0.2, 0.25) is 0 Å². The van der Waals surface area contributed by atoms with Crippen molar-refractivity contribution in [1.29, 1.82) is 0 Å². The Hall–Kier alpha value is -1.10. The van der Waals surface area contributed by atoms with Crippen molar-refractivity contribution >= 4 is 11.9 Å². The molecule has 0 saturated carbocycles. The summed E-state index contributed by atoms with van der Waals surface area (Å²) in [6.07, 6.45) is 8.96. The highest BCUT2D eigenvalue weighted by Gasteiger charge is 2.10. The largest absolute Gasteiger partial charge is 0.464 e. The topological polar surface area (TPSA) is 61.8 Å². The van der Waals surface area contributed by atoms with Gasteiger partial charge in [0.2, 0.25) is 0 Å². The van der Waals surface area contributed by atoms with E-state index in [9.17, 15) is 9.59 Å². The van der Waals surface area contributed by atoms with Gasteiger partial charge >= 0.3 is 11.9 Å². The van der Waals surface area contributed by atoms with Crippen LogP contribution in [-0.2, 0) is 23.8 Å². The molecule has 0 N–H and O–H groups in total. The molecule has 0 spiro atoms. The van der Waals surface area contributed by atoms with Gasteiger partial charge in [-0.1, -0.05) is 80.1 Å². The van der Waals surface area contributed by atoms with Gasteiger partial charge in [-0.15, -0.1) is 0 Å². The zero-order valence-electron chi connectivity index (χ0n) is 19.8. The lowest BCUT2D eigenvalue weighted by atomic mass is 9.98. The van der Waals surface area contributed by atoms with Gasteiger partial charge in [-0.25, -0.2) is 9.59 Å². The average Bonchev–Trinajstić information content (AvgIpc) is 2.61. The minimum atomic E-state index is -0.425. The molecule has 0 bridgehead atoms. The molecule has 0 aliphatic carbocycles. The Morgan fingerprint density at radius 3 is 1.31 bits per heavy atom. The minimum absolute atomic E-state index is 0.206. The van der Waals surface area contributed by atoms with Gasteiger partial charge in [0.15, 0.2) is 0 Å². The van der Waals surface area contributed by atoms with E-state index in [2.05, 4.69) is 41.5 Å². The van der Waals surface area contributed by atoms with E-state index in [4.69, 9.17) is 14.2 Å². The molecule has 5 heteroatoms. The van der Waals surface area contributed by atoms with Crippen molar-refractivity contribution in [3.05, 3.63) is 0 Å². The normalized spacial score (nSPS) is 13.5. The summed E-state index contributed by atoms with van der Waals surface area (Å²) in [7, 11) is 0. The summed E-state index contributed by atoms with van der Waals surface area (Å²) in [5, 5.41) is 0. The molecule has 29 heavy (non-hydrogen) atoms. The van der Waals surface area contributed by atoms with E-state index in [1.807, 2.05) is 0 Å². The Morgan fingerprint density at radius 2 is 0.966 bits per heavy atom. The molecular formula is C24H46O5. The van der Waals surface area contributed by atoms with Crippen molar-refractivity contribution in [3.8, 4) is 0 Å². The first-order chi connectivity index (χ1) is 13.7. The zero-order valence-corrected chi connectivity index (χ0v) is 19.8. The van der Waals surface area contributed by atoms with Crippen LogP contribution in [0.3, 0.4) is 0 Å². The van der Waals surface area contributed by atoms with E-state index in [0.717, 1.165) is 37.5 Å². The lowest BCUT2D eigenvalue weighted by molar-refractivity contribution is -0.155. The van der Waals surface area contributed by atoms with E-state index in [1.165, 1.54) is 25.7 Å². The van der Waals surface area contributed by atoms with Crippen LogP contribution in [0.15, 0.2) is 0 Å². The molecule has 0 rings (SSSR count). The second kappa shape index (κ2) is 17.7. The summed E-state index contributed by atoms with van der Waals surface area (Å²) < 4.78 is 15.5. The average molecular weight is 415 g/mol. The second-order valence-corrected chi connectivity index (χ2v) is 9.37. The van der Waals surface area contributed by atoms with Crippen LogP contribution in [0.4, 0.5) is 0 Å². The fraction of sp³-hybridized carbons (Fsp3) is 0.917. The number of ether oxygens (including phenoxy) is 3. The molecule has 0 radical (unpaired) electrons. The van der Waals surface area contributed by atoms with Crippen molar-refractivity contribution < 1.29 is 23.8 Å². The van der Waals surface area contributed by atoms with Crippen LogP contribution in [0.5, 0.6) is 0 Å². The Morgan fingerprint density at radius 1 is 0.586 bits per heavy atom. The molecule has 0 aliphatic rings. The first kappa shape index (κ1) is 27.9. The van der Waals surface area contributed by atoms with Crippen molar-refractivity contribution in [2.45, 2.75) is 92.9 Å². The lowest BCUT2D eigenvalue weighted by Gasteiger charge is -2.13. The number of hydrogen-bond acceptors (Lipinski definition) is 5. The van der Waals surface area contributed by atoms with Gasteiger partial charge in [-0.3, -0.25) is 0 Å². The highest BCUT2D eigenvalue weighted by atomic mass is 16.6. The van der Waals surface area contributed by atoms with Gasteiger partial charge < -0.3 is 14.2 Å². The third kappa shape index (κ3) is 20.0. The summed E-state index contributed by atoms with van der Waals surface area (Å²) in [4.78, 5) is 23.3. The summed E-state index contributed by atoms with van der Waals surface area (Å²) in [6, 6.07) is 0. The van der Waals surface area contributed by atoms with Crippen molar-refractivity contribution in [2.24, 2.45) is 23.7 Å². The molecule has 2 atom stereocenters. The van der Waals surface area contributed by atoms with Crippen molar-refractivity contribution in [1.82, 2.24) is 0 Å². The Kier molecular flexibility index (Phi) is 17.1. The van der Waals surface area contributed by atoms with Gasteiger partial charge in [-0.2, -0.15) is 0 Å².